The number of likely N-dealkylation sites (tertiary alicyclic amines) is 1. The first-order chi connectivity index (χ1) is 5.72. The summed E-state index contributed by atoms with van der Waals surface area (Å²) < 4.78 is 4.51. The number of carbonyl (C=O) groups is 1. The molecule has 1 aliphatic rings. The number of β-amino-alcohol motifs (C(OH)–C–C–N with tert-alkyl or cyclic N) is 1. The molecule has 1 aliphatic heterocycles. The van der Waals surface area contributed by atoms with Crippen LogP contribution in [0.1, 0.15) is 12.8 Å². The molecule has 0 aromatic heterocycles. The second-order valence-corrected chi connectivity index (χ2v) is 3.07. The number of nitrogens with zero attached hydrogens (tertiary/aromatic N) is 1. The van der Waals surface area contributed by atoms with E-state index in [1.54, 1.807) is 0 Å². The number of hydrogen-bond acceptors (Lipinski definition) is 4. The Morgan fingerprint density at radius 2 is 2.50 bits per heavy atom. The van der Waals surface area contributed by atoms with Crippen LogP contribution < -0.4 is 0 Å². The Hall–Kier alpha value is -0.610. The third-order valence-corrected chi connectivity index (χ3v) is 2.11. The van der Waals surface area contributed by atoms with Crippen molar-refractivity contribution in [2.75, 3.05) is 26.7 Å². The minimum atomic E-state index is -0.206. The van der Waals surface area contributed by atoms with Crippen LogP contribution in [0.5, 0.6) is 0 Å². The number of ether oxygens (including phenoxy) is 1. The van der Waals surface area contributed by atoms with E-state index in [0.29, 0.717) is 19.5 Å². The van der Waals surface area contributed by atoms with Crippen molar-refractivity contribution < 1.29 is 14.6 Å². The van der Waals surface area contributed by atoms with Crippen LogP contribution in [-0.4, -0.2) is 48.8 Å². The molecule has 0 unspecified atom stereocenters. The minimum Gasteiger partial charge on any atom is -0.469 e. The van der Waals surface area contributed by atoms with Gasteiger partial charge in [-0.25, -0.2) is 0 Å². The molecule has 1 rings (SSSR count). The van der Waals surface area contributed by atoms with Crippen molar-refractivity contribution in [3.05, 3.63) is 0 Å². The zero-order chi connectivity index (χ0) is 8.97. The summed E-state index contributed by atoms with van der Waals surface area (Å²) in [5.41, 5.74) is 0. The predicted octanol–water partition coefficient (Wildman–Crippen LogP) is -0.384. The normalized spacial score (nSPS) is 24.3. The van der Waals surface area contributed by atoms with E-state index in [1.165, 1.54) is 7.11 Å². The van der Waals surface area contributed by atoms with Crippen LogP contribution >= 0.6 is 0 Å². The summed E-state index contributed by atoms with van der Waals surface area (Å²) in [4.78, 5) is 12.8. The lowest BCUT2D eigenvalue weighted by Crippen LogP contribution is -2.25. The Kier molecular flexibility index (Phi) is 3.49. The average molecular weight is 173 g/mol. The molecule has 0 radical (unpaired) electrons. The second kappa shape index (κ2) is 4.42. The maximum atomic E-state index is 10.7. The number of aliphatic hydroxyl groups is 1. The molecule has 70 valence electrons. The van der Waals surface area contributed by atoms with Gasteiger partial charge in [-0.05, 0) is 6.42 Å². The van der Waals surface area contributed by atoms with E-state index in [0.717, 1.165) is 13.0 Å². The van der Waals surface area contributed by atoms with Gasteiger partial charge in [0, 0.05) is 19.6 Å². The van der Waals surface area contributed by atoms with Crippen molar-refractivity contribution in [2.45, 2.75) is 18.9 Å². The number of esters is 1. The van der Waals surface area contributed by atoms with Crippen molar-refractivity contribution in [1.82, 2.24) is 4.90 Å². The molecule has 0 aliphatic carbocycles. The zero-order valence-electron chi connectivity index (χ0n) is 7.32. The van der Waals surface area contributed by atoms with Gasteiger partial charge in [0.05, 0.1) is 19.6 Å². The molecule has 1 heterocycles. The second-order valence-electron chi connectivity index (χ2n) is 3.07. The Balaban J connectivity index is 2.11. The van der Waals surface area contributed by atoms with Gasteiger partial charge in [0.1, 0.15) is 0 Å². The number of rotatable bonds is 3. The van der Waals surface area contributed by atoms with Gasteiger partial charge in [0.15, 0.2) is 0 Å². The van der Waals surface area contributed by atoms with Crippen molar-refractivity contribution in [1.29, 1.82) is 0 Å². The largest absolute Gasteiger partial charge is 0.469 e. The standard InChI is InChI=1S/C8H15NO3/c1-12-8(11)3-5-9-4-2-7(10)6-9/h7,10H,2-6H2,1H3/t7-/m1/s1. The summed E-state index contributed by atoms with van der Waals surface area (Å²) >= 11 is 0. The van der Waals surface area contributed by atoms with Gasteiger partial charge < -0.3 is 14.7 Å². The Morgan fingerprint density at radius 3 is 3.00 bits per heavy atom. The highest BCUT2D eigenvalue weighted by Gasteiger charge is 2.20. The lowest BCUT2D eigenvalue weighted by Gasteiger charge is -2.12. The summed E-state index contributed by atoms with van der Waals surface area (Å²) in [5.74, 6) is -0.184. The lowest BCUT2D eigenvalue weighted by molar-refractivity contribution is -0.140. The first-order valence-corrected chi connectivity index (χ1v) is 4.19. The lowest BCUT2D eigenvalue weighted by atomic mass is 10.3. The van der Waals surface area contributed by atoms with Gasteiger partial charge in [0.25, 0.3) is 0 Å². The first-order valence-electron chi connectivity index (χ1n) is 4.19. The summed E-state index contributed by atoms with van der Waals surface area (Å²) in [6.07, 6.45) is 1.03. The van der Waals surface area contributed by atoms with Crippen molar-refractivity contribution >= 4 is 5.97 Å². The SMILES string of the molecule is COC(=O)CCN1CC[C@@H](O)C1. The van der Waals surface area contributed by atoms with Gasteiger partial charge in [0.2, 0.25) is 0 Å². The smallest absolute Gasteiger partial charge is 0.306 e. The fourth-order valence-corrected chi connectivity index (χ4v) is 1.37. The van der Waals surface area contributed by atoms with Gasteiger partial charge in [-0.3, -0.25) is 4.79 Å². The van der Waals surface area contributed by atoms with Gasteiger partial charge in [-0.2, -0.15) is 0 Å². The molecular formula is C8H15NO3. The van der Waals surface area contributed by atoms with E-state index in [1.807, 2.05) is 0 Å². The van der Waals surface area contributed by atoms with E-state index >= 15 is 0 Å². The Morgan fingerprint density at radius 1 is 1.75 bits per heavy atom. The molecule has 0 bridgehead atoms. The third kappa shape index (κ3) is 2.79. The highest BCUT2D eigenvalue weighted by Crippen LogP contribution is 2.08. The van der Waals surface area contributed by atoms with Gasteiger partial charge in [-0.15, -0.1) is 0 Å². The fourth-order valence-electron chi connectivity index (χ4n) is 1.37. The van der Waals surface area contributed by atoms with Gasteiger partial charge in [-0.1, -0.05) is 0 Å². The van der Waals surface area contributed by atoms with Crippen LogP contribution in [-0.2, 0) is 9.53 Å². The molecule has 4 heteroatoms. The molecule has 0 aromatic rings. The molecule has 0 aromatic carbocycles. The summed E-state index contributed by atoms with van der Waals surface area (Å²) in [5, 5.41) is 9.16. The van der Waals surface area contributed by atoms with Crippen molar-refractivity contribution in [3.63, 3.8) is 0 Å². The van der Waals surface area contributed by atoms with Gasteiger partial charge >= 0.3 is 5.97 Å². The summed E-state index contributed by atoms with van der Waals surface area (Å²) in [7, 11) is 1.39. The molecule has 0 saturated carbocycles. The third-order valence-electron chi connectivity index (χ3n) is 2.11. The number of aliphatic hydroxyl groups excluding tert-OH is 1. The highest BCUT2D eigenvalue weighted by molar-refractivity contribution is 5.69. The molecule has 4 nitrogen and oxygen atoms in total. The van der Waals surface area contributed by atoms with Crippen LogP contribution in [0.2, 0.25) is 0 Å². The Bertz CT molecular complexity index is 160. The molecule has 1 fully saturated rings. The van der Waals surface area contributed by atoms with Crippen LogP contribution in [0.3, 0.4) is 0 Å². The van der Waals surface area contributed by atoms with E-state index < -0.39 is 0 Å². The maximum absolute atomic E-state index is 10.7. The van der Waals surface area contributed by atoms with E-state index in [2.05, 4.69) is 9.64 Å². The molecule has 1 saturated heterocycles. The molecule has 1 N–H and O–H groups in total. The predicted molar refractivity (Wildman–Crippen MR) is 43.7 cm³/mol. The fraction of sp³-hybridized carbons (Fsp3) is 0.875. The topological polar surface area (TPSA) is 49.8 Å². The Labute approximate surface area is 72.1 Å². The zero-order valence-corrected chi connectivity index (χ0v) is 7.32. The van der Waals surface area contributed by atoms with Crippen LogP contribution in [0.4, 0.5) is 0 Å². The van der Waals surface area contributed by atoms with E-state index in [-0.39, 0.29) is 12.1 Å². The number of methoxy groups -OCH3 is 1. The maximum Gasteiger partial charge on any atom is 0.306 e. The summed E-state index contributed by atoms with van der Waals surface area (Å²) in [6.45, 7) is 2.28. The van der Waals surface area contributed by atoms with E-state index in [4.69, 9.17) is 5.11 Å². The minimum absolute atomic E-state index is 0.184. The number of carbonyl (C=O) groups excluding carboxylic acids is 1. The highest BCUT2D eigenvalue weighted by atomic mass is 16.5. The monoisotopic (exact) mass is 173 g/mol. The van der Waals surface area contributed by atoms with Crippen LogP contribution in [0.25, 0.3) is 0 Å². The van der Waals surface area contributed by atoms with Crippen LogP contribution in [0, 0.1) is 0 Å². The average Bonchev–Trinajstić information content (AvgIpc) is 2.47. The van der Waals surface area contributed by atoms with Crippen molar-refractivity contribution in [3.8, 4) is 0 Å². The molecule has 0 spiro atoms. The quantitative estimate of drug-likeness (QED) is 0.591. The summed E-state index contributed by atoms with van der Waals surface area (Å²) in [6, 6.07) is 0. The molecule has 0 amide bonds. The van der Waals surface area contributed by atoms with E-state index in [9.17, 15) is 4.79 Å². The molecular weight excluding hydrogens is 158 g/mol. The van der Waals surface area contributed by atoms with Crippen LogP contribution in [0.15, 0.2) is 0 Å². The molecule has 12 heavy (non-hydrogen) atoms. The van der Waals surface area contributed by atoms with Crippen molar-refractivity contribution in [2.24, 2.45) is 0 Å². The number of hydrogen-bond donors (Lipinski definition) is 1. The first kappa shape index (κ1) is 9.48. The molecule has 1 atom stereocenters.